The van der Waals surface area contributed by atoms with Gasteiger partial charge in [-0.2, -0.15) is 13.2 Å². The highest BCUT2D eigenvalue weighted by Crippen LogP contribution is 2.31. The number of alkyl halides is 3. The summed E-state index contributed by atoms with van der Waals surface area (Å²) in [6.07, 6.45) is -4.35. The molecule has 0 fully saturated rings. The van der Waals surface area contributed by atoms with Crippen LogP contribution in [0.15, 0.2) is 53.7 Å². The lowest BCUT2D eigenvalue weighted by molar-refractivity contribution is -0.137. The molecule has 0 unspecified atom stereocenters. The van der Waals surface area contributed by atoms with Gasteiger partial charge in [-0.3, -0.25) is 0 Å². The van der Waals surface area contributed by atoms with E-state index in [-0.39, 0.29) is 0 Å². The van der Waals surface area contributed by atoms with E-state index in [4.69, 9.17) is 0 Å². The third-order valence-electron chi connectivity index (χ3n) is 4.11. The van der Waals surface area contributed by atoms with Gasteiger partial charge in [0.15, 0.2) is 5.65 Å². The summed E-state index contributed by atoms with van der Waals surface area (Å²) in [4.78, 5) is 4.53. The Morgan fingerprint density at radius 3 is 2.65 bits per heavy atom. The molecule has 132 valence electrons. The van der Waals surface area contributed by atoms with Gasteiger partial charge in [0, 0.05) is 18.2 Å². The fraction of sp³-hybridized carbons (Fsp3) is 0.167. The summed E-state index contributed by atoms with van der Waals surface area (Å²) in [7, 11) is 1.90. The van der Waals surface area contributed by atoms with Crippen LogP contribution in [-0.2, 0) is 19.0 Å². The van der Waals surface area contributed by atoms with Gasteiger partial charge in [0.25, 0.3) is 0 Å². The Morgan fingerprint density at radius 2 is 1.85 bits per heavy atom. The number of rotatable bonds is 3. The Labute approximate surface area is 151 Å². The van der Waals surface area contributed by atoms with Gasteiger partial charge < -0.3 is 4.57 Å². The van der Waals surface area contributed by atoms with Crippen molar-refractivity contribution in [2.75, 3.05) is 0 Å². The lowest BCUT2D eigenvalue weighted by Gasteiger charge is -2.08. The molecule has 0 spiro atoms. The number of hydrogen-bond acceptors (Lipinski definition) is 4. The van der Waals surface area contributed by atoms with E-state index in [2.05, 4.69) is 15.2 Å². The van der Waals surface area contributed by atoms with Crippen LogP contribution in [0.1, 0.15) is 11.1 Å². The summed E-state index contributed by atoms with van der Waals surface area (Å²) in [6, 6.07) is 13.1. The minimum atomic E-state index is -4.35. The molecule has 2 aromatic heterocycles. The van der Waals surface area contributed by atoms with Crippen LogP contribution in [-0.4, -0.2) is 19.7 Å². The molecule has 2 heterocycles. The van der Waals surface area contributed by atoms with E-state index < -0.39 is 11.7 Å². The quantitative estimate of drug-likeness (QED) is 0.482. The third kappa shape index (κ3) is 3.01. The topological polar surface area (TPSA) is 43.6 Å². The van der Waals surface area contributed by atoms with Crippen molar-refractivity contribution in [3.8, 4) is 0 Å². The maximum absolute atomic E-state index is 12.8. The van der Waals surface area contributed by atoms with Crippen LogP contribution in [0.4, 0.5) is 13.2 Å². The number of aromatic nitrogens is 4. The molecule has 4 aromatic rings. The van der Waals surface area contributed by atoms with Crippen molar-refractivity contribution < 1.29 is 13.2 Å². The van der Waals surface area contributed by atoms with E-state index in [9.17, 15) is 13.2 Å². The summed E-state index contributed by atoms with van der Waals surface area (Å²) in [5, 5.41) is 9.79. The number of hydrogen-bond donors (Lipinski definition) is 0. The largest absolute Gasteiger partial charge is 0.416 e. The highest BCUT2D eigenvalue weighted by Gasteiger charge is 2.30. The van der Waals surface area contributed by atoms with Crippen LogP contribution in [0, 0.1) is 0 Å². The van der Waals surface area contributed by atoms with E-state index in [1.807, 2.05) is 35.9 Å². The van der Waals surface area contributed by atoms with Gasteiger partial charge in [0.05, 0.1) is 11.1 Å². The third-order valence-corrected chi connectivity index (χ3v) is 5.02. The van der Waals surface area contributed by atoms with Gasteiger partial charge in [0.2, 0.25) is 5.16 Å². The van der Waals surface area contributed by atoms with Crippen LogP contribution >= 0.6 is 11.8 Å². The molecule has 4 nitrogen and oxygen atoms in total. The Bertz CT molecular complexity index is 1100. The summed E-state index contributed by atoms with van der Waals surface area (Å²) in [5.74, 6) is 0.334. The Balaban J connectivity index is 1.62. The summed E-state index contributed by atoms with van der Waals surface area (Å²) in [6.45, 7) is 0. The molecule has 0 aliphatic carbocycles. The number of para-hydroxylation sites is 1. The first-order valence-electron chi connectivity index (χ1n) is 7.80. The fourth-order valence-electron chi connectivity index (χ4n) is 2.84. The molecular formula is C18H13F3N4S. The van der Waals surface area contributed by atoms with Crippen LogP contribution in [0.25, 0.3) is 22.1 Å². The molecule has 4 rings (SSSR count). The molecule has 2 aromatic carbocycles. The van der Waals surface area contributed by atoms with Crippen molar-refractivity contribution in [2.24, 2.45) is 7.05 Å². The van der Waals surface area contributed by atoms with Crippen molar-refractivity contribution in [3.63, 3.8) is 0 Å². The lowest BCUT2D eigenvalue weighted by Crippen LogP contribution is -2.05. The number of halogens is 3. The zero-order valence-electron chi connectivity index (χ0n) is 13.7. The Hall–Kier alpha value is -2.61. The van der Waals surface area contributed by atoms with Crippen molar-refractivity contribution >= 4 is 33.8 Å². The van der Waals surface area contributed by atoms with Crippen molar-refractivity contribution in [3.05, 3.63) is 59.7 Å². The molecule has 0 atom stereocenters. The average molecular weight is 374 g/mol. The second kappa shape index (κ2) is 6.28. The smallest absolute Gasteiger partial charge is 0.327 e. The van der Waals surface area contributed by atoms with Gasteiger partial charge >= 0.3 is 6.18 Å². The molecule has 0 radical (unpaired) electrons. The minimum Gasteiger partial charge on any atom is -0.327 e. The second-order valence-corrected chi connectivity index (χ2v) is 6.77. The first-order valence-corrected chi connectivity index (χ1v) is 8.79. The van der Waals surface area contributed by atoms with Crippen LogP contribution in [0.2, 0.25) is 0 Å². The molecule has 0 saturated carbocycles. The van der Waals surface area contributed by atoms with E-state index in [1.165, 1.54) is 17.8 Å². The molecule has 0 N–H and O–H groups in total. The van der Waals surface area contributed by atoms with Gasteiger partial charge in [-0.15, -0.1) is 10.2 Å². The highest BCUT2D eigenvalue weighted by atomic mass is 32.2. The molecule has 0 aliphatic rings. The van der Waals surface area contributed by atoms with Crippen LogP contribution in [0.3, 0.4) is 0 Å². The zero-order valence-corrected chi connectivity index (χ0v) is 14.5. The number of fused-ring (bicyclic) bond motifs is 3. The molecular weight excluding hydrogens is 361 g/mol. The molecule has 0 saturated heterocycles. The molecule has 0 amide bonds. The Kier molecular flexibility index (Phi) is 4.07. The number of aryl methyl sites for hydroxylation is 1. The second-order valence-electron chi connectivity index (χ2n) is 5.83. The van der Waals surface area contributed by atoms with Crippen LogP contribution < -0.4 is 0 Å². The summed E-state index contributed by atoms with van der Waals surface area (Å²) >= 11 is 1.26. The Morgan fingerprint density at radius 1 is 1.04 bits per heavy atom. The van der Waals surface area contributed by atoms with Crippen LogP contribution in [0.5, 0.6) is 0 Å². The highest BCUT2D eigenvalue weighted by molar-refractivity contribution is 7.98. The molecule has 0 aliphatic heterocycles. The number of benzene rings is 2. The van der Waals surface area contributed by atoms with Gasteiger partial charge in [-0.05, 0) is 17.7 Å². The predicted octanol–water partition coefficient (Wildman–Crippen LogP) is 4.83. The SMILES string of the molecule is Cn1c2ccccc2c2nnc(SCc3cccc(C(F)(F)F)c3)nc21. The predicted molar refractivity (Wildman–Crippen MR) is 94.8 cm³/mol. The van der Waals surface area contributed by atoms with Crippen molar-refractivity contribution in [1.29, 1.82) is 0 Å². The van der Waals surface area contributed by atoms with Crippen molar-refractivity contribution in [1.82, 2.24) is 19.7 Å². The molecule has 26 heavy (non-hydrogen) atoms. The normalized spacial score (nSPS) is 12.2. The van der Waals surface area contributed by atoms with Gasteiger partial charge in [-0.1, -0.05) is 48.2 Å². The fourth-order valence-corrected chi connectivity index (χ4v) is 3.56. The summed E-state index contributed by atoms with van der Waals surface area (Å²) < 4.78 is 40.4. The minimum absolute atomic E-state index is 0.334. The lowest BCUT2D eigenvalue weighted by atomic mass is 10.1. The first kappa shape index (κ1) is 16.8. The van der Waals surface area contributed by atoms with Gasteiger partial charge in [0.1, 0.15) is 5.52 Å². The standard InChI is InChI=1S/C18H13F3N4S/c1-25-14-8-3-2-7-13(14)15-16(25)22-17(24-23-15)26-10-11-5-4-6-12(9-11)18(19,20)21/h2-9H,10H2,1H3. The average Bonchev–Trinajstić information content (AvgIpc) is 2.92. The maximum Gasteiger partial charge on any atom is 0.416 e. The van der Waals surface area contributed by atoms with Gasteiger partial charge in [-0.25, -0.2) is 4.98 Å². The van der Waals surface area contributed by atoms with E-state index >= 15 is 0 Å². The molecule has 0 bridgehead atoms. The number of nitrogens with zero attached hydrogens (tertiary/aromatic N) is 4. The molecule has 8 heteroatoms. The maximum atomic E-state index is 12.8. The first-order chi connectivity index (χ1) is 12.4. The zero-order chi connectivity index (χ0) is 18.3. The van der Waals surface area contributed by atoms with E-state index in [1.54, 1.807) is 6.07 Å². The van der Waals surface area contributed by atoms with E-state index in [0.717, 1.165) is 23.0 Å². The van der Waals surface area contributed by atoms with Crippen molar-refractivity contribution in [2.45, 2.75) is 17.1 Å². The monoisotopic (exact) mass is 374 g/mol. The van der Waals surface area contributed by atoms with E-state index in [0.29, 0.717) is 27.6 Å². The number of thioether (sulfide) groups is 1. The summed E-state index contributed by atoms with van der Waals surface area (Å²) in [5.41, 5.74) is 2.33.